The number of thiazole rings is 1. The second kappa shape index (κ2) is 11.3. The monoisotopic (exact) mass is 693 g/mol. The molecule has 1 saturated heterocycles. The van der Waals surface area contributed by atoms with E-state index in [2.05, 4.69) is 10.3 Å². The number of nitrogens with one attached hydrogen (secondary N) is 2. The van der Waals surface area contributed by atoms with E-state index in [0.29, 0.717) is 22.9 Å². The molecule has 2 aliphatic carbocycles. The smallest absolute Gasteiger partial charge is 0.416 e. The summed E-state index contributed by atoms with van der Waals surface area (Å²) in [7, 11) is 0. The molecule has 4 aromatic rings. The molecule has 2 aliphatic heterocycles. The van der Waals surface area contributed by atoms with Crippen LogP contribution < -0.4 is 19.8 Å². The Kier molecular flexibility index (Phi) is 7.22. The summed E-state index contributed by atoms with van der Waals surface area (Å²) in [6.07, 6.45) is -4.01. The molecule has 0 radical (unpaired) electrons. The molecule has 3 fully saturated rings. The SMILES string of the molecule is O=C(COc1cccc([C@H]2c3sc(=O)[nH]c3SC3C4CC(C5C(=O)N(c6cccc(C(F)(F)F)c6)C(=O)C45)C32)c1)Nc1ccc(O)cc1. The number of thioether (sulfide) groups is 1. The lowest BCUT2D eigenvalue weighted by molar-refractivity contribution is -0.137. The average molecular weight is 694 g/mol. The topological polar surface area (TPSA) is 129 Å². The summed E-state index contributed by atoms with van der Waals surface area (Å²) in [6, 6.07) is 17.6. The quantitative estimate of drug-likeness (QED) is 0.171. The number of fused-ring (bicyclic) bond motifs is 9. The van der Waals surface area contributed by atoms with Gasteiger partial charge in [0.15, 0.2) is 6.61 Å². The first-order chi connectivity index (χ1) is 23.0. The van der Waals surface area contributed by atoms with E-state index in [4.69, 9.17) is 4.74 Å². The lowest BCUT2D eigenvalue weighted by Gasteiger charge is -2.43. The number of phenols is 1. The Morgan fingerprint density at radius 3 is 2.46 bits per heavy atom. The molecule has 7 atom stereocenters. The maximum atomic E-state index is 14.0. The highest BCUT2D eigenvalue weighted by Crippen LogP contribution is 2.68. The molecule has 1 aromatic heterocycles. The summed E-state index contributed by atoms with van der Waals surface area (Å²) in [5, 5.41) is 12.8. The fraction of sp³-hybridized carbons (Fsp3) is 0.294. The fourth-order valence-electron chi connectivity index (χ4n) is 8.15. The van der Waals surface area contributed by atoms with Gasteiger partial charge >= 0.3 is 11.0 Å². The van der Waals surface area contributed by atoms with E-state index in [9.17, 15) is 37.5 Å². The van der Waals surface area contributed by atoms with E-state index >= 15 is 0 Å². The van der Waals surface area contributed by atoms with E-state index in [1.54, 1.807) is 24.3 Å². The summed E-state index contributed by atoms with van der Waals surface area (Å²) in [5.41, 5.74) is 0.313. The number of aromatic amines is 1. The summed E-state index contributed by atoms with van der Waals surface area (Å²) < 4.78 is 46.4. The number of alkyl halides is 3. The van der Waals surface area contributed by atoms with Crippen LogP contribution in [0.2, 0.25) is 0 Å². The van der Waals surface area contributed by atoms with Gasteiger partial charge in [-0.3, -0.25) is 24.1 Å². The number of halogens is 3. The number of aromatic nitrogens is 1. The van der Waals surface area contributed by atoms with Crippen molar-refractivity contribution < 1.29 is 37.4 Å². The number of aromatic hydroxyl groups is 1. The summed E-state index contributed by atoms with van der Waals surface area (Å²) in [4.78, 5) is 57.5. The lowest BCUT2D eigenvalue weighted by atomic mass is 9.68. The van der Waals surface area contributed by atoms with Crippen LogP contribution in [0.4, 0.5) is 24.5 Å². The van der Waals surface area contributed by atoms with Gasteiger partial charge < -0.3 is 20.1 Å². The largest absolute Gasteiger partial charge is 0.508 e. The van der Waals surface area contributed by atoms with Crippen LogP contribution in [-0.2, 0) is 20.6 Å². The molecule has 4 aliphatic rings. The molecule has 6 unspecified atom stereocenters. The highest BCUT2D eigenvalue weighted by molar-refractivity contribution is 8.00. The maximum absolute atomic E-state index is 14.0. The van der Waals surface area contributed by atoms with Crippen LogP contribution in [0.1, 0.15) is 28.3 Å². The molecule has 3 amide bonds. The van der Waals surface area contributed by atoms with Crippen molar-refractivity contribution in [3.63, 3.8) is 0 Å². The molecule has 2 saturated carbocycles. The predicted octanol–water partition coefficient (Wildman–Crippen LogP) is 5.86. The van der Waals surface area contributed by atoms with E-state index < -0.39 is 41.3 Å². The number of H-pyrrole nitrogens is 1. The molecule has 3 aromatic carbocycles. The minimum absolute atomic E-state index is 0.0722. The third-order valence-corrected chi connectivity index (χ3v) is 12.5. The number of benzene rings is 3. The number of ether oxygens (including phenoxy) is 1. The normalized spacial score (nSPS) is 27.1. The van der Waals surface area contributed by atoms with Crippen molar-refractivity contribution in [3.05, 3.63) is 98.5 Å². The number of amides is 3. The van der Waals surface area contributed by atoms with E-state index in [1.165, 1.54) is 36.0 Å². The van der Waals surface area contributed by atoms with Crippen molar-refractivity contribution in [1.29, 1.82) is 0 Å². The molecule has 3 heterocycles. The van der Waals surface area contributed by atoms with Crippen LogP contribution in [0.25, 0.3) is 0 Å². The second-order valence-electron chi connectivity index (χ2n) is 12.5. The highest BCUT2D eigenvalue weighted by Gasteiger charge is 2.69. The van der Waals surface area contributed by atoms with Gasteiger partial charge in [-0.25, -0.2) is 0 Å². The number of nitrogens with zero attached hydrogens (tertiary/aromatic N) is 1. The minimum atomic E-state index is -4.63. The summed E-state index contributed by atoms with van der Waals surface area (Å²) >= 11 is 2.61. The van der Waals surface area contributed by atoms with Crippen LogP contribution >= 0.6 is 23.1 Å². The van der Waals surface area contributed by atoms with Gasteiger partial charge in [0.25, 0.3) is 5.91 Å². The number of hydrogen-bond donors (Lipinski definition) is 3. The Bertz CT molecular complexity index is 2030. The highest BCUT2D eigenvalue weighted by atomic mass is 32.2. The molecular formula is C34H26F3N3O6S2. The Morgan fingerprint density at radius 1 is 0.979 bits per heavy atom. The molecule has 9 nitrogen and oxygen atoms in total. The zero-order valence-electron chi connectivity index (χ0n) is 24.8. The maximum Gasteiger partial charge on any atom is 0.416 e. The molecule has 246 valence electrons. The van der Waals surface area contributed by atoms with Crippen LogP contribution in [0.3, 0.4) is 0 Å². The Balaban J connectivity index is 1.08. The first-order valence-electron chi connectivity index (χ1n) is 15.2. The fourth-order valence-corrected chi connectivity index (χ4v) is 11.0. The Labute approximate surface area is 279 Å². The number of hydrogen-bond acceptors (Lipinski definition) is 8. The second-order valence-corrected chi connectivity index (χ2v) is 14.7. The van der Waals surface area contributed by atoms with E-state index in [-0.39, 0.29) is 51.8 Å². The third-order valence-electron chi connectivity index (χ3n) is 9.89. The van der Waals surface area contributed by atoms with Crippen molar-refractivity contribution in [3.8, 4) is 11.5 Å². The van der Waals surface area contributed by atoms with Gasteiger partial charge in [0.2, 0.25) is 11.8 Å². The number of imide groups is 1. The molecule has 14 heteroatoms. The molecule has 3 N–H and O–H groups in total. The van der Waals surface area contributed by atoms with Crippen LogP contribution in [0, 0.1) is 29.6 Å². The van der Waals surface area contributed by atoms with E-state index in [1.807, 2.05) is 12.1 Å². The molecule has 48 heavy (non-hydrogen) atoms. The summed E-state index contributed by atoms with van der Waals surface area (Å²) in [6.45, 7) is -0.282. The zero-order chi connectivity index (χ0) is 33.5. The van der Waals surface area contributed by atoms with Gasteiger partial charge in [0, 0.05) is 21.7 Å². The van der Waals surface area contributed by atoms with Crippen molar-refractivity contribution in [2.75, 3.05) is 16.8 Å². The van der Waals surface area contributed by atoms with Crippen LogP contribution in [0.5, 0.6) is 11.5 Å². The van der Waals surface area contributed by atoms with Gasteiger partial charge in [-0.1, -0.05) is 29.5 Å². The average Bonchev–Trinajstić information content (AvgIpc) is 3.79. The van der Waals surface area contributed by atoms with Crippen molar-refractivity contribution in [1.82, 2.24) is 4.98 Å². The van der Waals surface area contributed by atoms with Crippen LogP contribution in [-0.4, -0.2) is 39.7 Å². The molecular weight excluding hydrogens is 668 g/mol. The van der Waals surface area contributed by atoms with Crippen molar-refractivity contribution in [2.24, 2.45) is 29.6 Å². The summed E-state index contributed by atoms with van der Waals surface area (Å²) in [5.74, 6) is -3.08. The van der Waals surface area contributed by atoms with Gasteiger partial charge in [-0.15, -0.1) is 11.8 Å². The number of rotatable bonds is 6. The number of phenolic OH excluding ortho intramolecular Hbond substituents is 1. The number of carbonyl (C=O) groups is 3. The zero-order valence-corrected chi connectivity index (χ0v) is 26.4. The van der Waals surface area contributed by atoms with Crippen molar-refractivity contribution in [2.45, 2.75) is 28.8 Å². The van der Waals surface area contributed by atoms with Crippen molar-refractivity contribution >= 4 is 52.2 Å². The number of anilines is 2. The first-order valence-corrected chi connectivity index (χ1v) is 16.9. The third kappa shape index (κ3) is 5.00. The molecule has 2 bridgehead atoms. The lowest BCUT2D eigenvalue weighted by Crippen LogP contribution is -2.42. The molecule has 0 spiro atoms. The van der Waals surface area contributed by atoms with Crippen LogP contribution in [0.15, 0.2) is 82.6 Å². The van der Waals surface area contributed by atoms with Gasteiger partial charge in [-0.2, -0.15) is 13.2 Å². The van der Waals surface area contributed by atoms with E-state index in [0.717, 1.165) is 38.8 Å². The Hall–Kier alpha value is -4.56. The van der Waals surface area contributed by atoms with Gasteiger partial charge in [-0.05, 0) is 84.3 Å². The number of carbonyl (C=O) groups excluding carboxylic acids is 3. The minimum Gasteiger partial charge on any atom is -0.508 e. The predicted molar refractivity (Wildman–Crippen MR) is 171 cm³/mol. The molecule has 8 rings (SSSR count). The van der Waals surface area contributed by atoms with Gasteiger partial charge in [0.05, 0.1) is 28.1 Å². The van der Waals surface area contributed by atoms with Gasteiger partial charge in [0.1, 0.15) is 11.5 Å². The first kappa shape index (κ1) is 30.8. The Morgan fingerprint density at radius 2 is 1.71 bits per heavy atom. The standard InChI is InChI=1S/C34H26F3N3O6S2/c35-34(36,37)16-4-2-5-18(12-16)40-31(43)26-21-13-22(27(26)32(40)44)28-25(21)24(29-30(47-28)39-33(45)48-29)15-3-1-6-20(11-15)46-14-23(42)38-17-7-9-19(41)10-8-17/h1-12,21-22,24-28,41H,13-14H2,(H,38,42)(H,39,45)/t21?,22?,24-,25?,26?,27?,28?/m1/s1.